The van der Waals surface area contributed by atoms with Crippen LogP contribution >= 0.6 is 0 Å². The third-order valence-electron chi connectivity index (χ3n) is 1.86. The van der Waals surface area contributed by atoms with Crippen molar-refractivity contribution in [1.82, 2.24) is 0 Å². The fourth-order valence-electron chi connectivity index (χ4n) is 1.06. The van der Waals surface area contributed by atoms with Crippen molar-refractivity contribution in [2.24, 2.45) is 5.73 Å². The first kappa shape index (κ1) is 10.3. The lowest BCUT2D eigenvalue weighted by molar-refractivity contribution is 1.03. The fraction of sp³-hybridized carbons (Fsp3) is 0.250. The van der Waals surface area contributed by atoms with Crippen LogP contribution < -0.4 is 5.73 Å². The third-order valence-corrected chi connectivity index (χ3v) is 1.86. The zero-order valence-corrected chi connectivity index (χ0v) is 8.17. The number of benzene rings is 1. The maximum atomic E-state index is 8.71. The topological polar surface area (TPSA) is 49.8 Å². The van der Waals surface area contributed by atoms with Crippen molar-refractivity contribution in [2.45, 2.75) is 13.3 Å². The zero-order valence-electron chi connectivity index (χ0n) is 8.17. The standard InChI is InChI=1S/C12H12N2/c1-10-5-6-11(9-14)8-12(10)4-2-3-7-13/h5-6,8H,3,7,13H2,1H3. The average molecular weight is 184 g/mol. The molecule has 14 heavy (non-hydrogen) atoms. The first-order valence-electron chi connectivity index (χ1n) is 4.47. The van der Waals surface area contributed by atoms with Gasteiger partial charge in [0, 0.05) is 18.5 Å². The molecule has 1 rings (SSSR count). The summed E-state index contributed by atoms with van der Waals surface area (Å²) in [5, 5.41) is 8.71. The van der Waals surface area contributed by atoms with E-state index in [-0.39, 0.29) is 0 Å². The molecular formula is C12H12N2. The molecule has 0 bridgehead atoms. The van der Waals surface area contributed by atoms with Crippen molar-refractivity contribution in [1.29, 1.82) is 5.26 Å². The molecule has 1 aromatic carbocycles. The Morgan fingerprint density at radius 2 is 2.21 bits per heavy atom. The Hall–Kier alpha value is -1.77. The van der Waals surface area contributed by atoms with Gasteiger partial charge in [-0.1, -0.05) is 17.9 Å². The fourth-order valence-corrected chi connectivity index (χ4v) is 1.06. The van der Waals surface area contributed by atoms with Crippen LogP contribution in [0.3, 0.4) is 0 Å². The SMILES string of the molecule is Cc1ccc(C#N)cc1C#CCCN. The van der Waals surface area contributed by atoms with E-state index in [9.17, 15) is 0 Å². The molecule has 0 aliphatic carbocycles. The van der Waals surface area contributed by atoms with Crippen molar-refractivity contribution in [3.63, 3.8) is 0 Å². The summed E-state index contributed by atoms with van der Waals surface area (Å²) in [7, 11) is 0. The number of hydrogen-bond donors (Lipinski definition) is 1. The number of aryl methyl sites for hydroxylation is 1. The van der Waals surface area contributed by atoms with Gasteiger partial charge in [-0.25, -0.2) is 0 Å². The third kappa shape index (κ3) is 2.62. The van der Waals surface area contributed by atoms with Gasteiger partial charge in [0.2, 0.25) is 0 Å². The molecule has 0 fully saturated rings. The normalized spacial score (nSPS) is 8.64. The highest BCUT2D eigenvalue weighted by Crippen LogP contribution is 2.08. The van der Waals surface area contributed by atoms with Crippen LogP contribution in [-0.2, 0) is 0 Å². The van der Waals surface area contributed by atoms with Crippen LogP contribution in [0.15, 0.2) is 18.2 Å². The summed E-state index contributed by atoms with van der Waals surface area (Å²) in [6.45, 7) is 2.55. The van der Waals surface area contributed by atoms with E-state index in [0.717, 1.165) is 11.1 Å². The number of nitriles is 1. The lowest BCUT2D eigenvalue weighted by Crippen LogP contribution is -1.95. The van der Waals surface area contributed by atoms with E-state index in [1.165, 1.54) is 0 Å². The predicted molar refractivity (Wildman–Crippen MR) is 56.4 cm³/mol. The van der Waals surface area contributed by atoms with E-state index >= 15 is 0 Å². The Labute approximate surface area is 84.4 Å². The summed E-state index contributed by atoms with van der Waals surface area (Å²) in [5.41, 5.74) is 7.98. The summed E-state index contributed by atoms with van der Waals surface area (Å²) in [6.07, 6.45) is 0.691. The smallest absolute Gasteiger partial charge is 0.0992 e. The molecule has 0 unspecified atom stereocenters. The monoisotopic (exact) mass is 184 g/mol. The predicted octanol–water partition coefficient (Wildman–Crippen LogP) is 1.57. The van der Waals surface area contributed by atoms with Crippen LogP contribution in [0.25, 0.3) is 0 Å². The molecule has 2 heteroatoms. The molecule has 0 saturated heterocycles. The molecule has 0 aliphatic heterocycles. The highest BCUT2D eigenvalue weighted by molar-refractivity contribution is 5.46. The summed E-state index contributed by atoms with van der Waals surface area (Å²) in [6, 6.07) is 7.60. The molecule has 0 heterocycles. The lowest BCUT2D eigenvalue weighted by atomic mass is 10.1. The number of rotatable bonds is 1. The molecule has 70 valence electrons. The summed E-state index contributed by atoms with van der Waals surface area (Å²) in [5.74, 6) is 5.97. The van der Waals surface area contributed by atoms with Crippen LogP contribution in [0.2, 0.25) is 0 Å². The number of nitrogens with zero attached hydrogens (tertiary/aromatic N) is 1. The minimum atomic E-state index is 0.573. The Morgan fingerprint density at radius 3 is 2.86 bits per heavy atom. The minimum absolute atomic E-state index is 0.573. The van der Waals surface area contributed by atoms with Gasteiger partial charge in [-0.2, -0.15) is 5.26 Å². The van der Waals surface area contributed by atoms with Gasteiger partial charge < -0.3 is 5.73 Å². The maximum Gasteiger partial charge on any atom is 0.0992 e. The minimum Gasteiger partial charge on any atom is -0.330 e. The Bertz CT molecular complexity index is 416. The van der Waals surface area contributed by atoms with Gasteiger partial charge in [0.05, 0.1) is 11.6 Å². The van der Waals surface area contributed by atoms with Crippen molar-refractivity contribution >= 4 is 0 Å². The largest absolute Gasteiger partial charge is 0.330 e. The molecule has 0 aromatic heterocycles. The van der Waals surface area contributed by atoms with Crippen molar-refractivity contribution in [2.75, 3.05) is 6.54 Å². The lowest BCUT2D eigenvalue weighted by Gasteiger charge is -1.97. The Morgan fingerprint density at radius 1 is 1.43 bits per heavy atom. The van der Waals surface area contributed by atoms with Gasteiger partial charge >= 0.3 is 0 Å². The first-order chi connectivity index (χ1) is 6.77. The molecule has 0 spiro atoms. The molecule has 0 radical (unpaired) electrons. The second-order valence-corrected chi connectivity index (χ2v) is 2.98. The second-order valence-electron chi connectivity index (χ2n) is 2.98. The van der Waals surface area contributed by atoms with Gasteiger partial charge in [-0.05, 0) is 24.6 Å². The maximum absolute atomic E-state index is 8.71. The van der Waals surface area contributed by atoms with E-state index < -0.39 is 0 Å². The van der Waals surface area contributed by atoms with E-state index in [0.29, 0.717) is 18.5 Å². The van der Waals surface area contributed by atoms with Gasteiger partial charge in [-0.15, -0.1) is 0 Å². The molecule has 0 atom stereocenters. The molecular weight excluding hydrogens is 172 g/mol. The molecule has 0 aliphatic rings. The van der Waals surface area contributed by atoms with Crippen LogP contribution in [-0.4, -0.2) is 6.54 Å². The van der Waals surface area contributed by atoms with E-state index in [1.54, 1.807) is 12.1 Å². The van der Waals surface area contributed by atoms with Crippen molar-refractivity contribution in [3.05, 3.63) is 34.9 Å². The van der Waals surface area contributed by atoms with Crippen LogP contribution in [0.1, 0.15) is 23.1 Å². The highest BCUT2D eigenvalue weighted by Gasteiger charge is 1.96. The summed E-state index contributed by atoms with van der Waals surface area (Å²) < 4.78 is 0. The first-order valence-corrected chi connectivity index (χ1v) is 4.47. The summed E-state index contributed by atoms with van der Waals surface area (Å²) in [4.78, 5) is 0. The van der Waals surface area contributed by atoms with E-state index in [2.05, 4.69) is 17.9 Å². The van der Waals surface area contributed by atoms with Crippen LogP contribution in [0.5, 0.6) is 0 Å². The van der Waals surface area contributed by atoms with Crippen molar-refractivity contribution in [3.8, 4) is 17.9 Å². The van der Waals surface area contributed by atoms with Crippen molar-refractivity contribution < 1.29 is 0 Å². The van der Waals surface area contributed by atoms with Gasteiger partial charge in [0.15, 0.2) is 0 Å². The van der Waals surface area contributed by atoms with Gasteiger partial charge in [-0.3, -0.25) is 0 Å². The van der Waals surface area contributed by atoms with Gasteiger partial charge in [0.1, 0.15) is 0 Å². The average Bonchev–Trinajstić information content (AvgIpc) is 2.21. The van der Waals surface area contributed by atoms with Gasteiger partial charge in [0.25, 0.3) is 0 Å². The van der Waals surface area contributed by atoms with Crippen LogP contribution in [0, 0.1) is 30.1 Å². The Kier molecular flexibility index (Phi) is 3.73. The quantitative estimate of drug-likeness (QED) is 0.673. The number of hydrogen-bond acceptors (Lipinski definition) is 2. The molecule has 0 amide bonds. The highest BCUT2D eigenvalue weighted by atomic mass is 14.5. The molecule has 0 saturated carbocycles. The van der Waals surface area contributed by atoms with E-state index in [1.807, 2.05) is 13.0 Å². The summed E-state index contributed by atoms with van der Waals surface area (Å²) >= 11 is 0. The number of nitrogens with two attached hydrogens (primary N) is 1. The molecule has 1 aromatic rings. The zero-order chi connectivity index (χ0) is 10.4. The van der Waals surface area contributed by atoms with Crippen LogP contribution in [0.4, 0.5) is 0 Å². The second kappa shape index (κ2) is 5.07. The Balaban J connectivity index is 2.98. The van der Waals surface area contributed by atoms with E-state index in [4.69, 9.17) is 11.0 Å². The molecule has 2 N–H and O–H groups in total. The molecule has 2 nitrogen and oxygen atoms in total.